The Hall–Kier alpha value is -2.26. The first-order valence-electron chi connectivity index (χ1n) is 8.10. The molecule has 3 aromatic rings. The van der Waals surface area contributed by atoms with Crippen LogP contribution in [0, 0.1) is 12.8 Å². The first kappa shape index (κ1) is 16.6. The van der Waals surface area contributed by atoms with Crippen LogP contribution in [-0.2, 0) is 13.0 Å². The van der Waals surface area contributed by atoms with Crippen LogP contribution in [0.1, 0.15) is 18.3 Å². The van der Waals surface area contributed by atoms with Gasteiger partial charge >= 0.3 is 0 Å². The second-order valence-electron chi connectivity index (χ2n) is 6.14. The molecule has 24 heavy (non-hydrogen) atoms. The maximum atomic E-state index is 5.88. The van der Waals surface area contributed by atoms with Gasteiger partial charge in [0.05, 0.1) is 0 Å². The number of halogens is 1. The maximum Gasteiger partial charge on any atom is 0.127 e. The zero-order chi connectivity index (χ0) is 16.9. The average Bonchev–Trinajstić information content (AvgIpc) is 2.96. The molecule has 1 atom stereocenters. The Bertz CT molecular complexity index is 778. The van der Waals surface area contributed by atoms with Gasteiger partial charge in [0, 0.05) is 24.0 Å². The molecule has 0 fully saturated rings. The number of hydrogen-bond donors (Lipinski definition) is 0. The van der Waals surface area contributed by atoms with Gasteiger partial charge in [-0.2, -0.15) is 0 Å². The Morgan fingerprint density at radius 2 is 1.67 bits per heavy atom. The molecule has 1 unspecified atom stereocenters. The minimum Gasteiger partial charge on any atom is -0.457 e. The summed E-state index contributed by atoms with van der Waals surface area (Å²) in [6, 6.07) is 15.7. The summed E-state index contributed by atoms with van der Waals surface area (Å²) in [5.41, 5.74) is 1.31. The number of rotatable bonds is 6. The van der Waals surface area contributed by atoms with Crippen molar-refractivity contribution in [3.63, 3.8) is 0 Å². The van der Waals surface area contributed by atoms with Crippen LogP contribution in [0.15, 0.2) is 60.9 Å². The Labute approximate surface area is 147 Å². The molecular weight excluding hydrogens is 320 g/mol. The topological polar surface area (TPSA) is 27.1 Å². The molecule has 4 heteroatoms. The molecule has 2 aromatic carbocycles. The van der Waals surface area contributed by atoms with Crippen molar-refractivity contribution in [1.82, 2.24) is 9.55 Å². The fourth-order valence-corrected chi connectivity index (χ4v) is 2.86. The first-order chi connectivity index (χ1) is 11.6. The molecule has 3 rings (SSSR count). The molecule has 124 valence electrons. The minimum atomic E-state index is 0.543. The average molecular weight is 341 g/mol. The van der Waals surface area contributed by atoms with Crippen LogP contribution in [0.25, 0.3) is 0 Å². The predicted octanol–water partition coefficient (Wildman–Crippen LogP) is 5.52. The van der Waals surface area contributed by atoms with Gasteiger partial charge in [-0.3, -0.25) is 0 Å². The quantitative estimate of drug-likeness (QED) is 0.591. The van der Waals surface area contributed by atoms with Crippen molar-refractivity contribution in [2.75, 3.05) is 0 Å². The number of aromatic nitrogens is 2. The third kappa shape index (κ3) is 4.39. The highest BCUT2D eigenvalue weighted by Crippen LogP contribution is 2.24. The van der Waals surface area contributed by atoms with Gasteiger partial charge in [0.15, 0.2) is 0 Å². The summed E-state index contributed by atoms with van der Waals surface area (Å²) in [4.78, 5) is 4.27. The molecule has 0 saturated heterocycles. The van der Waals surface area contributed by atoms with E-state index in [2.05, 4.69) is 28.6 Å². The molecule has 3 nitrogen and oxygen atoms in total. The number of nitrogens with zero attached hydrogens (tertiary/aromatic N) is 2. The molecule has 1 heterocycles. The maximum absolute atomic E-state index is 5.88. The summed E-state index contributed by atoms with van der Waals surface area (Å²) in [5.74, 6) is 3.23. The second-order valence-corrected chi connectivity index (χ2v) is 6.57. The van der Waals surface area contributed by atoms with Gasteiger partial charge in [0.2, 0.25) is 0 Å². The van der Waals surface area contributed by atoms with E-state index >= 15 is 0 Å². The van der Waals surface area contributed by atoms with Crippen LogP contribution in [-0.4, -0.2) is 9.55 Å². The summed E-state index contributed by atoms with van der Waals surface area (Å²) in [6.45, 7) is 5.28. The normalized spacial score (nSPS) is 12.1. The third-order valence-corrected chi connectivity index (χ3v) is 4.24. The minimum absolute atomic E-state index is 0.543. The summed E-state index contributed by atoms with van der Waals surface area (Å²) >= 11 is 5.88. The summed E-state index contributed by atoms with van der Waals surface area (Å²) < 4.78 is 8.02. The molecule has 0 N–H and O–H groups in total. The monoisotopic (exact) mass is 340 g/mol. The molecule has 0 aliphatic rings. The van der Waals surface area contributed by atoms with Crippen molar-refractivity contribution < 1.29 is 4.74 Å². The van der Waals surface area contributed by atoms with Crippen molar-refractivity contribution >= 4 is 11.6 Å². The van der Waals surface area contributed by atoms with E-state index in [0.29, 0.717) is 10.9 Å². The van der Waals surface area contributed by atoms with Gasteiger partial charge in [-0.05, 0) is 61.2 Å². The van der Waals surface area contributed by atoms with Crippen LogP contribution in [0.5, 0.6) is 11.5 Å². The highest BCUT2D eigenvalue weighted by Gasteiger charge is 2.07. The fourth-order valence-electron chi connectivity index (χ4n) is 2.73. The van der Waals surface area contributed by atoms with Crippen LogP contribution >= 0.6 is 11.6 Å². The number of imidazole rings is 1. The standard InChI is InChI=1S/C20H21ClN2O/c1-15(14-23-12-11-22-16(23)2)13-17-3-7-19(8-4-17)24-20-9-5-18(21)6-10-20/h3-12,15H,13-14H2,1-2H3. The highest BCUT2D eigenvalue weighted by atomic mass is 35.5. The molecule has 0 aliphatic heterocycles. The lowest BCUT2D eigenvalue weighted by molar-refractivity contribution is 0.470. The summed E-state index contributed by atoms with van der Waals surface area (Å²) in [7, 11) is 0. The Balaban J connectivity index is 1.58. The lowest BCUT2D eigenvalue weighted by atomic mass is 10.0. The van der Waals surface area contributed by atoms with Gasteiger partial charge in [-0.15, -0.1) is 0 Å². The molecular formula is C20H21ClN2O. The van der Waals surface area contributed by atoms with Gasteiger partial charge in [0.1, 0.15) is 17.3 Å². The molecule has 0 aliphatic carbocycles. The zero-order valence-corrected chi connectivity index (χ0v) is 14.7. The van der Waals surface area contributed by atoms with Gasteiger partial charge in [-0.25, -0.2) is 4.98 Å². The number of aryl methyl sites for hydroxylation is 1. The molecule has 0 radical (unpaired) electrons. The zero-order valence-electron chi connectivity index (χ0n) is 13.9. The van der Waals surface area contributed by atoms with E-state index in [9.17, 15) is 0 Å². The second kappa shape index (κ2) is 7.54. The van der Waals surface area contributed by atoms with Crippen molar-refractivity contribution in [3.05, 3.63) is 77.3 Å². The SMILES string of the molecule is Cc1nccn1CC(C)Cc1ccc(Oc2ccc(Cl)cc2)cc1. The van der Waals surface area contributed by atoms with Crippen molar-refractivity contribution in [1.29, 1.82) is 0 Å². The Kier molecular flexibility index (Phi) is 5.21. The van der Waals surface area contributed by atoms with Gasteiger partial charge in [0.25, 0.3) is 0 Å². The number of ether oxygens (including phenoxy) is 1. The number of benzene rings is 2. The summed E-state index contributed by atoms with van der Waals surface area (Å²) in [6.07, 6.45) is 4.92. The van der Waals surface area contributed by atoms with E-state index in [0.717, 1.165) is 30.3 Å². The first-order valence-corrected chi connectivity index (χ1v) is 8.48. The van der Waals surface area contributed by atoms with Crippen molar-refractivity contribution in [2.45, 2.75) is 26.8 Å². The highest BCUT2D eigenvalue weighted by molar-refractivity contribution is 6.30. The van der Waals surface area contributed by atoms with Crippen molar-refractivity contribution in [3.8, 4) is 11.5 Å². The Morgan fingerprint density at radius 3 is 2.25 bits per heavy atom. The van der Waals surface area contributed by atoms with E-state index < -0.39 is 0 Å². The van der Waals surface area contributed by atoms with Crippen molar-refractivity contribution in [2.24, 2.45) is 5.92 Å². The lowest BCUT2D eigenvalue weighted by Crippen LogP contribution is -2.10. The largest absolute Gasteiger partial charge is 0.457 e. The van der Waals surface area contributed by atoms with E-state index in [1.165, 1.54) is 5.56 Å². The van der Waals surface area contributed by atoms with E-state index in [-0.39, 0.29) is 0 Å². The third-order valence-electron chi connectivity index (χ3n) is 3.99. The molecule has 1 aromatic heterocycles. The fraction of sp³-hybridized carbons (Fsp3) is 0.250. The van der Waals surface area contributed by atoms with Crippen LogP contribution in [0.2, 0.25) is 5.02 Å². The van der Waals surface area contributed by atoms with E-state index in [1.54, 1.807) is 0 Å². The number of hydrogen-bond acceptors (Lipinski definition) is 2. The van der Waals surface area contributed by atoms with Crippen LogP contribution in [0.4, 0.5) is 0 Å². The summed E-state index contributed by atoms with van der Waals surface area (Å²) in [5, 5.41) is 0.708. The molecule has 0 saturated carbocycles. The Morgan fingerprint density at radius 1 is 1.04 bits per heavy atom. The lowest BCUT2D eigenvalue weighted by Gasteiger charge is -2.14. The molecule has 0 amide bonds. The van der Waals surface area contributed by atoms with Gasteiger partial charge in [-0.1, -0.05) is 30.7 Å². The van der Waals surface area contributed by atoms with Gasteiger partial charge < -0.3 is 9.30 Å². The van der Waals surface area contributed by atoms with Crippen LogP contribution in [0.3, 0.4) is 0 Å². The molecule has 0 bridgehead atoms. The predicted molar refractivity (Wildman–Crippen MR) is 97.8 cm³/mol. The molecule has 0 spiro atoms. The van der Waals surface area contributed by atoms with E-state index in [4.69, 9.17) is 16.3 Å². The van der Waals surface area contributed by atoms with E-state index in [1.807, 2.05) is 55.7 Å². The van der Waals surface area contributed by atoms with Crippen LogP contribution < -0.4 is 4.74 Å². The smallest absolute Gasteiger partial charge is 0.127 e.